The average molecular weight is 240 g/mol. The first kappa shape index (κ1) is 10.7. The predicted molar refractivity (Wildman–Crippen MR) is 68.4 cm³/mol. The molecule has 0 aliphatic rings. The van der Waals surface area contributed by atoms with E-state index in [-0.39, 0.29) is 5.56 Å². The molecule has 0 atom stereocenters. The van der Waals surface area contributed by atoms with Crippen molar-refractivity contribution in [1.29, 1.82) is 0 Å². The molecule has 0 aliphatic carbocycles. The van der Waals surface area contributed by atoms with Crippen LogP contribution in [-0.2, 0) is 7.05 Å². The van der Waals surface area contributed by atoms with E-state index < -0.39 is 0 Å². The van der Waals surface area contributed by atoms with Gasteiger partial charge in [0.1, 0.15) is 0 Å². The van der Waals surface area contributed by atoms with Crippen LogP contribution in [0.1, 0.15) is 5.56 Å². The minimum Gasteiger partial charge on any atom is -0.319 e. The number of hydrogen-bond acceptors (Lipinski definition) is 3. The van der Waals surface area contributed by atoms with Crippen molar-refractivity contribution in [2.45, 2.75) is 6.92 Å². The van der Waals surface area contributed by atoms with Crippen molar-refractivity contribution < 1.29 is 0 Å². The summed E-state index contributed by atoms with van der Waals surface area (Å²) in [5.41, 5.74) is 3.39. The number of pyridine rings is 1. The zero-order chi connectivity index (χ0) is 12.7. The van der Waals surface area contributed by atoms with Gasteiger partial charge >= 0.3 is 0 Å². The van der Waals surface area contributed by atoms with Crippen LogP contribution in [0.15, 0.2) is 41.6 Å². The van der Waals surface area contributed by atoms with Crippen LogP contribution in [-0.4, -0.2) is 19.2 Å². The second kappa shape index (κ2) is 3.80. The Balaban J connectivity index is 2.21. The van der Waals surface area contributed by atoms with Gasteiger partial charge in [-0.15, -0.1) is 0 Å². The van der Waals surface area contributed by atoms with Crippen molar-refractivity contribution in [2.75, 3.05) is 0 Å². The van der Waals surface area contributed by atoms with E-state index in [2.05, 4.69) is 10.1 Å². The second-order valence-electron chi connectivity index (χ2n) is 4.27. The number of aryl methyl sites for hydroxylation is 2. The normalized spacial score (nSPS) is 11.0. The average Bonchev–Trinajstić information content (AvgIpc) is 2.74. The third kappa shape index (κ3) is 1.60. The number of aromatic nitrogens is 4. The molecule has 0 aliphatic heterocycles. The smallest absolute Gasteiger partial charge is 0.250 e. The first-order valence-corrected chi connectivity index (χ1v) is 5.63. The first-order chi connectivity index (χ1) is 8.65. The minimum absolute atomic E-state index is 0.0422. The van der Waals surface area contributed by atoms with Crippen LogP contribution < -0.4 is 5.56 Å². The first-order valence-electron chi connectivity index (χ1n) is 5.63. The van der Waals surface area contributed by atoms with E-state index >= 15 is 0 Å². The lowest BCUT2D eigenvalue weighted by molar-refractivity contribution is 0.860. The Hall–Kier alpha value is -2.43. The molecule has 0 bridgehead atoms. The highest BCUT2D eigenvalue weighted by atomic mass is 16.1. The fourth-order valence-corrected chi connectivity index (χ4v) is 1.85. The molecule has 5 nitrogen and oxygen atoms in total. The SMILES string of the molecule is Cc1cnn2ccc(-c3ccn(C)c(=O)c3)nc12. The summed E-state index contributed by atoms with van der Waals surface area (Å²) in [7, 11) is 1.73. The Morgan fingerprint density at radius 3 is 2.83 bits per heavy atom. The molecule has 0 fully saturated rings. The Morgan fingerprint density at radius 1 is 1.22 bits per heavy atom. The molecular weight excluding hydrogens is 228 g/mol. The van der Waals surface area contributed by atoms with Crippen molar-refractivity contribution in [1.82, 2.24) is 19.2 Å². The highest BCUT2D eigenvalue weighted by Crippen LogP contribution is 2.16. The van der Waals surface area contributed by atoms with Gasteiger partial charge in [0.05, 0.1) is 11.9 Å². The maximum absolute atomic E-state index is 11.6. The second-order valence-corrected chi connectivity index (χ2v) is 4.27. The summed E-state index contributed by atoms with van der Waals surface area (Å²) < 4.78 is 3.26. The fraction of sp³-hybridized carbons (Fsp3) is 0.154. The van der Waals surface area contributed by atoms with Crippen LogP contribution in [0, 0.1) is 6.92 Å². The van der Waals surface area contributed by atoms with E-state index in [0.29, 0.717) is 0 Å². The molecule has 3 rings (SSSR count). The molecular formula is C13H12N4O. The molecule has 18 heavy (non-hydrogen) atoms. The quantitative estimate of drug-likeness (QED) is 0.646. The van der Waals surface area contributed by atoms with Gasteiger partial charge in [0, 0.05) is 36.6 Å². The minimum atomic E-state index is -0.0422. The monoisotopic (exact) mass is 240 g/mol. The Bertz CT molecular complexity index is 785. The van der Waals surface area contributed by atoms with Gasteiger partial charge in [0.2, 0.25) is 0 Å². The third-order valence-corrected chi connectivity index (χ3v) is 2.95. The van der Waals surface area contributed by atoms with Gasteiger partial charge in [-0.25, -0.2) is 9.50 Å². The molecule has 0 saturated heterocycles. The van der Waals surface area contributed by atoms with Crippen LogP contribution in [0.2, 0.25) is 0 Å². The van der Waals surface area contributed by atoms with Gasteiger partial charge in [-0.05, 0) is 19.1 Å². The van der Waals surface area contributed by atoms with E-state index in [1.807, 2.05) is 25.3 Å². The van der Waals surface area contributed by atoms with Crippen molar-refractivity contribution >= 4 is 5.65 Å². The maximum atomic E-state index is 11.6. The zero-order valence-electron chi connectivity index (χ0n) is 10.2. The largest absolute Gasteiger partial charge is 0.319 e. The molecule has 0 N–H and O–H groups in total. The van der Waals surface area contributed by atoms with E-state index in [1.165, 1.54) is 4.57 Å². The topological polar surface area (TPSA) is 52.2 Å². The highest BCUT2D eigenvalue weighted by Gasteiger charge is 2.05. The Labute approximate surface area is 103 Å². The zero-order valence-corrected chi connectivity index (χ0v) is 10.2. The molecule has 0 unspecified atom stereocenters. The molecule has 0 spiro atoms. The summed E-state index contributed by atoms with van der Waals surface area (Å²) in [5.74, 6) is 0. The fourth-order valence-electron chi connectivity index (χ4n) is 1.85. The van der Waals surface area contributed by atoms with E-state index in [1.54, 1.807) is 30.0 Å². The predicted octanol–water partition coefficient (Wildman–Crippen LogP) is 1.40. The standard InChI is InChI=1S/C13H12N4O/c1-9-8-14-17-6-4-11(15-13(9)17)10-3-5-16(2)12(18)7-10/h3-8H,1-2H3. The van der Waals surface area contributed by atoms with Crippen molar-refractivity contribution in [3.05, 3.63) is 52.7 Å². The summed E-state index contributed by atoms with van der Waals surface area (Å²) in [6.07, 6.45) is 5.37. The number of hydrogen-bond donors (Lipinski definition) is 0. The number of rotatable bonds is 1. The van der Waals surface area contributed by atoms with Gasteiger partial charge in [-0.3, -0.25) is 4.79 Å². The lowest BCUT2D eigenvalue weighted by Crippen LogP contribution is -2.14. The van der Waals surface area contributed by atoms with Gasteiger partial charge in [0.15, 0.2) is 5.65 Å². The summed E-state index contributed by atoms with van der Waals surface area (Å²) >= 11 is 0. The van der Waals surface area contributed by atoms with Gasteiger partial charge in [-0.2, -0.15) is 5.10 Å². The van der Waals surface area contributed by atoms with Crippen LogP contribution in [0.5, 0.6) is 0 Å². The molecule has 0 radical (unpaired) electrons. The summed E-state index contributed by atoms with van der Waals surface area (Å²) in [6.45, 7) is 1.96. The van der Waals surface area contributed by atoms with Crippen molar-refractivity contribution in [3.8, 4) is 11.3 Å². The molecule has 0 saturated carbocycles. The molecule has 3 heterocycles. The molecule has 3 aromatic rings. The Kier molecular flexibility index (Phi) is 2.26. The van der Waals surface area contributed by atoms with Crippen LogP contribution >= 0.6 is 0 Å². The molecule has 3 aromatic heterocycles. The summed E-state index contributed by atoms with van der Waals surface area (Å²) in [6, 6.07) is 5.32. The van der Waals surface area contributed by atoms with Crippen LogP contribution in [0.3, 0.4) is 0 Å². The third-order valence-electron chi connectivity index (χ3n) is 2.95. The summed E-state index contributed by atoms with van der Waals surface area (Å²) in [5, 5.41) is 4.17. The molecule has 5 heteroatoms. The number of fused-ring (bicyclic) bond motifs is 1. The van der Waals surface area contributed by atoms with E-state index in [4.69, 9.17) is 0 Å². The summed E-state index contributed by atoms with van der Waals surface area (Å²) in [4.78, 5) is 16.1. The van der Waals surface area contributed by atoms with Crippen molar-refractivity contribution in [2.24, 2.45) is 7.05 Å². The lowest BCUT2D eigenvalue weighted by Gasteiger charge is -2.03. The van der Waals surface area contributed by atoms with Crippen LogP contribution in [0.4, 0.5) is 0 Å². The van der Waals surface area contributed by atoms with Crippen molar-refractivity contribution in [3.63, 3.8) is 0 Å². The lowest BCUT2D eigenvalue weighted by atomic mass is 10.2. The van der Waals surface area contributed by atoms with Gasteiger partial charge < -0.3 is 4.57 Å². The highest BCUT2D eigenvalue weighted by molar-refractivity contribution is 5.61. The molecule has 0 aromatic carbocycles. The van der Waals surface area contributed by atoms with E-state index in [9.17, 15) is 4.79 Å². The molecule has 90 valence electrons. The maximum Gasteiger partial charge on any atom is 0.250 e. The Morgan fingerprint density at radius 2 is 2.06 bits per heavy atom. The van der Waals surface area contributed by atoms with Gasteiger partial charge in [-0.1, -0.05) is 0 Å². The molecule has 0 amide bonds. The van der Waals surface area contributed by atoms with Gasteiger partial charge in [0.25, 0.3) is 5.56 Å². The van der Waals surface area contributed by atoms with Crippen LogP contribution in [0.25, 0.3) is 16.9 Å². The number of nitrogens with zero attached hydrogens (tertiary/aromatic N) is 4. The van der Waals surface area contributed by atoms with E-state index in [0.717, 1.165) is 22.5 Å².